The first-order valence-electron chi connectivity index (χ1n) is 10.3. The monoisotopic (exact) mass is 444 g/mol. The fourth-order valence-electron chi connectivity index (χ4n) is 3.35. The summed E-state index contributed by atoms with van der Waals surface area (Å²) in [7, 11) is 3.30. The number of ether oxygens (including phenoxy) is 2. The van der Waals surface area contributed by atoms with Crippen molar-refractivity contribution in [2.45, 2.75) is 11.6 Å². The van der Waals surface area contributed by atoms with Gasteiger partial charge in [-0.15, -0.1) is 0 Å². The average Bonchev–Trinajstić information content (AvgIpc) is 3.28. The van der Waals surface area contributed by atoms with Gasteiger partial charge in [-0.3, -0.25) is 4.79 Å². The van der Waals surface area contributed by atoms with Crippen LogP contribution in [0.3, 0.4) is 0 Å². The lowest BCUT2D eigenvalue weighted by Crippen LogP contribution is -2.00. The number of carbonyl (C=O) groups is 1. The highest BCUT2D eigenvalue weighted by Crippen LogP contribution is 2.34. The Bertz CT molecular complexity index is 1110. The van der Waals surface area contributed by atoms with Crippen LogP contribution >= 0.6 is 11.8 Å². The lowest BCUT2D eigenvalue weighted by molar-refractivity contribution is 0.0989. The minimum atomic E-state index is 0.135. The number of carbonyl (C=O) groups excluding carboxylic acids is 1. The van der Waals surface area contributed by atoms with Crippen molar-refractivity contribution in [3.8, 4) is 34.0 Å². The van der Waals surface area contributed by atoms with Crippen molar-refractivity contribution >= 4 is 17.5 Å². The Balaban J connectivity index is 1.57. The van der Waals surface area contributed by atoms with Gasteiger partial charge in [0, 0.05) is 28.9 Å². The summed E-state index contributed by atoms with van der Waals surface area (Å²) in [5, 5.41) is 0.780. The molecular formula is C26H24N2O3S. The molecule has 0 fully saturated rings. The van der Waals surface area contributed by atoms with Gasteiger partial charge in [-0.2, -0.15) is 0 Å². The van der Waals surface area contributed by atoms with E-state index in [0.29, 0.717) is 12.2 Å². The van der Waals surface area contributed by atoms with E-state index in [0.717, 1.165) is 44.7 Å². The number of methoxy groups -OCH3 is 2. The Morgan fingerprint density at radius 2 is 1.44 bits per heavy atom. The lowest BCUT2D eigenvalue weighted by atomic mass is 10.0. The Morgan fingerprint density at radius 1 is 0.844 bits per heavy atom. The second-order valence-electron chi connectivity index (χ2n) is 7.11. The van der Waals surface area contributed by atoms with Gasteiger partial charge in [-0.25, -0.2) is 4.98 Å². The summed E-state index contributed by atoms with van der Waals surface area (Å²) in [6, 6.07) is 25.1. The number of nitrogens with zero attached hydrogens (tertiary/aromatic N) is 1. The Hall–Kier alpha value is -3.51. The van der Waals surface area contributed by atoms with E-state index in [-0.39, 0.29) is 5.78 Å². The third kappa shape index (κ3) is 5.03. The number of Topliss-reactive ketones (excluding diaryl/α,β-unsaturated/α-hetero) is 1. The van der Waals surface area contributed by atoms with Crippen LogP contribution in [-0.2, 0) is 0 Å². The summed E-state index contributed by atoms with van der Waals surface area (Å²) in [6.45, 7) is 0. The minimum absolute atomic E-state index is 0.135. The molecule has 32 heavy (non-hydrogen) atoms. The number of rotatable bonds is 9. The van der Waals surface area contributed by atoms with Gasteiger partial charge in [-0.05, 0) is 48.5 Å². The highest BCUT2D eigenvalue weighted by atomic mass is 32.2. The molecule has 162 valence electrons. The third-order valence-corrected chi connectivity index (χ3v) is 5.96. The number of aromatic amines is 1. The number of imidazole rings is 1. The van der Waals surface area contributed by atoms with Crippen LogP contribution in [0.4, 0.5) is 0 Å². The maximum atomic E-state index is 12.4. The third-order valence-electron chi connectivity index (χ3n) is 5.09. The Morgan fingerprint density at radius 3 is 2.03 bits per heavy atom. The van der Waals surface area contributed by atoms with Gasteiger partial charge in [0.1, 0.15) is 11.5 Å². The first kappa shape index (κ1) is 21.7. The van der Waals surface area contributed by atoms with E-state index in [2.05, 4.69) is 4.98 Å². The summed E-state index contributed by atoms with van der Waals surface area (Å²) in [5.41, 5.74) is 4.52. The molecule has 0 aliphatic heterocycles. The second kappa shape index (κ2) is 10.2. The molecule has 0 saturated heterocycles. The molecule has 0 spiro atoms. The van der Waals surface area contributed by atoms with Crippen LogP contribution in [0.2, 0.25) is 0 Å². The van der Waals surface area contributed by atoms with Crippen molar-refractivity contribution < 1.29 is 14.3 Å². The second-order valence-corrected chi connectivity index (χ2v) is 8.19. The van der Waals surface area contributed by atoms with Crippen LogP contribution in [0, 0.1) is 0 Å². The predicted molar refractivity (Wildman–Crippen MR) is 129 cm³/mol. The van der Waals surface area contributed by atoms with E-state index in [1.54, 1.807) is 26.0 Å². The molecule has 0 saturated carbocycles. The molecule has 5 nitrogen and oxygen atoms in total. The first-order chi connectivity index (χ1) is 15.7. The van der Waals surface area contributed by atoms with E-state index < -0.39 is 0 Å². The fraction of sp³-hybridized carbons (Fsp3) is 0.154. The molecule has 0 aliphatic carbocycles. The topological polar surface area (TPSA) is 64.2 Å². The number of thioether (sulfide) groups is 1. The van der Waals surface area contributed by atoms with E-state index >= 15 is 0 Å². The average molecular weight is 445 g/mol. The van der Waals surface area contributed by atoms with Gasteiger partial charge in [0.25, 0.3) is 0 Å². The van der Waals surface area contributed by atoms with Crippen LogP contribution in [-0.4, -0.2) is 35.7 Å². The molecule has 0 amide bonds. The number of hydrogen-bond acceptors (Lipinski definition) is 5. The molecule has 3 aromatic carbocycles. The van der Waals surface area contributed by atoms with Gasteiger partial charge < -0.3 is 14.5 Å². The van der Waals surface area contributed by atoms with Crippen molar-refractivity contribution in [2.75, 3.05) is 20.0 Å². The zero-order valence-corrected chi connectivity index (χ0v) is 18.8. The quantitative estimate of drug-likeness (QED) is 0.249. The zero-order valence-electron chi connectivity index (χ0n) is 18.0. The lowest BCUT2D eigenvalue weighted by Gasteiger charge is -2.06. The van der Waals surface area contributed by atoms with Gasteiger partial charge in [0.15, 0.2) is 10.9 Å². The van der Waals surface area contributed by atoms with Gasteiger partial charge >= 0.3 is 0 Å². The number of benzene rings is 3. The number of H-pyrrole nitrogens is 1. The van der Waals surface area contributed by atoms with Crippen LogP contribution in [0.1, 0.15) is 16.8 Å². The zero-order chi connectivity index (χ0) is 22.3. The van der Waals surface area contributed by atoms with E-state index in [4.69, 9.17) is 14.5 Å². The highest BCUT2D eigenvalue weighted by molar-refractivity contribution is 7.99. The molecule has 0 bridgehead atoms. The van der Waals surface area contributed by atoms with Crippen LogP contribution in [0.25, 0.3) is 22.5 Å². The number of aromatic nitrogens is 2. The summed E-state index contributed by atoms with van der Waals surface area (Å²) in [4.78, 5) is 20.7. The van der Waals surface area contributed by atoms with Crippen molar-refractivity contribution in [1.82, 2.24) is 9.97 Å². The molecule has 1 aromatic heterocycles. The Kier molecular flexibility index (Phi) is 6.92. The summed E-state index contributed by atoms with van der Waals surface area (Å²) < 4.78 is 10.6. The summed E-state index contributed by atoms with van der Waals surface area (Å²) in [6.07, 6.45) is 0.450. The molecule has 1 heterocycles. The molecule has 0 unspecified atom stereocenters. The van der Waals surface area contributed by atoms with Crippen LogP contribution < -0.4 is 9.47 Å². The smallest absolute Gasteiger partial charge is 0.166 e. The van der Waals surface area contributed by atoms with Crippen molar-refractivity contribution in [3.05, 3.63) is 84.4 Å². The fourth-order valence-corrected chi connectivity index (χ4v) is 4.16. The summed E-state index contributed by atoms with van der Waals surface area (Å²) >= 11 is 1.55. The SMILES string of the molecule is COc1ccc(-c2nc(SCCC(=O)c3ccccc3)[nH]c2-c2ccc(OC)cc2)cc1. The predicted octanol–water partition coefficient (Wildman–Crippen LogP) is 6.13. The maximum Gasteiger partial charge on any atom is 0.166 e. The van der Waals surface area contributed by atoms with Gasteiger partial charge in [0.2, 0.25) is 0 Å². The molecule has 6 heteroatoms. The van der Waals surface area contributed by atoms with Crippen molar-refractivity contribution in [2.24, 2.45) is 0 Å². The standard InChI is InChI=1S/C26H24N2O3S/c1-30-21-12-8-19(9-13-21)24-25(20-10-14-22(31-2)15-11-20)28-26(27-24)32-17-16-23(29)18-6-4-3-5-7-18/h3-15H,16-17H2,1-2H3,(H,27,28). The van der Waals surface area contributed by atoms with Crippen LogP contribution in [0.15, 0.2) is 84.0 Å². The molecule has 1 N–H and O–H groups in total. The largest absolute Gasteiger partial charge is 0.497 e. The summed E-state index contributed by atoms with van der Waals surface area (Å²) in [5.74, 6) is 2.37. The minimum Gasteiger partial charge on any atom is -0.497 e. The first-order valence-corrected chi connectivity index (χ1v) is 11.3. The number of hydrogen-bond donors (Lipinski definition) is 1. The number of nitrogens with one attached hydrogen (secondary N) is 1. The Labute approximate surface area is 191 Å². The van der Waals surface area contributed by atoms with Crippen LogP contribution in [0.5, 0.6) is 11.5 Å². The maximum absolute atomic E-state index is 12.4. The molecule has 0 aliphatic rings. The number of ketones is 1. The van der Waals surface area contributed by atoms with Crippen molar-refractivity contribution in [1.29, 1.82) is 0 Å². The molecule has 0 radical (unpaired) electrons. The van der Waals surface area contributed by atoms with Crippen molar-refractivity contribution in [3.63, 3.8) is 0 Å². The van der Waals surface area contributed by atoms with E-state index in [9.17, 15) is 4.79 Å². The normalized spacial score (nSPS) is 10.7. The molecule has 4 aromatic rings. The van der Waals surface area contributed by atoms with E-state index in [1.165, 1.54) is 0 Å². The van der Waals surface area contributed by atoms with Gasteiger partial charge in [0.05, 0.1) is 25.6 Å². The molecular weight excluding hydrogens is 420 g/mol. The highest BCUT2D eigenvalue weighted by Gasteiger charge is 2.15. The van der Waals surface area contributed by atoms with E-state index in [1.807, 2.05) is 78.9 Å². The van der Waals surface area contributed by atoms with Gasteiger partial charge in [-0.1, -0.05) is 42.1 Å². The molecule has 0 atom stereocenters. The molecule has 4 rings (SSSR count).